The van der Waals surface area contributed by atoms with Crippen LogP contribution in [0.1, 0.15) is 0 Å². The topological polar surface area (TPSA) is 4.93 Å². The monoisotopic (exact) mass is 595 g/mol. The first-order valence-corrected chi connectivity index (χ1v) is 16.3. The minimum atomic E-state index is 1.18. The molecule has 1 heteroatoms. The molecule has 0 amide bonds. The first-order chi connectivity index (χ1) is 23.3. The quantitative estimate of drug-likeness (QED) is 0.178. The van der Waals surface area contributed by atoms with Gasteiger partial charge in [-0.2, -0.15) is 0 Å². The van der Waals surface area contributed by atoms with Crippen LogP contribution in [-0.2, 0) is 0 Å². The van der Waals surface area contributed by atoms with Gasteiger partial charge in [-0.05, 0) is 102 Å². The highest BCUT2D eigenvalue weighted by Gasteiger charge is 2.18. The molecule has 0 spiro atoms. The molecule has 0 saturated heterocycles. The van der Waals surface area contributed by atoms with E-state index in [0.29, 0.717) is 0 Å². The third-order valence-electron chi connectivity index (χ3n) is 9.95. The normalized spacial score (nSPS) is 11.8. The van der Waals surface area contributed by atoms with Crippen molar-refractivity contribution in [3.8, 4) is 39.1 Å². The maximum absolute atomic E-state index is 2.43. The minimum absolute atomic E-state index is 1.18. The summed E-state index contributed by atoms with van der Waals surface area (Å²) in [6, 6.07) is 64.5. The van der Waals surface area contributed by atoms with Crippen LogP contribution in [0.15, 0.2) is 176 Å². The summed E-state index contributed by atoms with van der Waals surface area (Å²) < 4.78 is 2.39. The fraction of sp³-hybridized carbons (Fsp3) is 0. The molecule has 0 saturated carbocycles. The zero-order valence-electron chi connectivity index (χ0n) is 25.7. The van der Waals surface area contributed by atoms with E-state index in [4.69, 9.17) is 0 Å². The number of fused-ring (bicyclic) bond motifs is 3. The van der Waals surface area contributed by atoms with Gasteiger partial charge in [0, 0.05) is 16.5 Å². The van der Waals surface area contributed by atoms with Crippen LogP contribution in [0.4, 0.5) is 0 Å². The molecule has 0 aliphatic carbocycles. The molecule has 0 atom stereocenters. The van der Waals surface area contributed by atoms with E-state index in [0.717, 1.165) is 0 Å². The van der Waals surface area contributed by atoms with Gasteiger partial charge in [-0.1, -0.05) is 140 Å². The number of hydrogen-bond acceptors (Lipinski definition) is 0. The molecule has 0 unspecified atom stereocenters. The third kappa shape index (κ3) is 3.97. The largest absolute Gasteiger partial charge is 0.309 e. The Morgan fingerprint density at radius 1 is 0.298 bits per heavy atom. The molecule has 0 fully saturated rings. The molecule has 1 heterocycles. The van der Waals surface area contributed by atoms with Crippen molar-refractivity contribution in [1.29, 1.82) is 0 Å². The second kappa shape index (κ2) is 10.2. The highest BCUT2D eigenvalue weighted by atomic mass is 15.0. The van der Waals surface area contributed by atoms with Crippen LogP contribution in [0, 0.1) is 0 Å². The Hall–Kier alpha value is -6.18. The van der Waals surface area contributed by atoms with E-state index in [1.54, 1.807) is 0 Å². The number of hydrogen-bond donors (Lipinski definition) is 0. The SMILES string of the molecule is c1ccc(-c2ccc(-c3cc(-c4ccc5c(c4)c4ccccc4n5-c4ccccc4)c4ccc5cccc6ccc3c4c65)cc2)cc1. The maximum atomic E-state index is 2.43. The summed E-state index contributed by atoms with van der Waals surface area (Å²) in [5.41, 5.74) is 11.1. The molecule has 0 N–H and O–H groups in total. The van der Waals surface area contributed by atoms with Crippen molar-refractivity contribution in [2.24, 2.45) is 0 Å². The summed E-state index contributed by atoms with van der Waals surface area (Å²) in [5, 5.41) is 10.4. The predicted octanol–water partition coefficient (Wildman–Crippen LogP) is 12.7. The van der Waals surface area contributed by atoms with E-state index < -0.39 is 0 Å². The summed E-state index contributed by atoms with van der Waals surface area (Å²) in [7, 11) is 0. The lowest BCUT2D eigenvalue weighted by molar-refractivity contribution is 1.18. The lowest BCUT2D eigenvalue weighted by Crippen LogP contribution is -1.93. The van der Waals surface area contributed by atoms with Gasteiger partial charge >= 0.3 is 0 Å². The van der Waals surface area contributed by atoms with Gasteiger partial charge in [0.25, 0.3) is 0 Å². The number of nitrogens with zero attached hydrogens (tertiary/aromatic N) is 1. The fourth-order valence-electron chi connectivity index (χ4n) is 7.78. The van der Waals surface area contributed by atoms with Crippen LogP contribution in [0.25, 0.3) is 93.2 Å². The number of rotatable bonds is 4. The van der Waals surface area contributed by atoms with E-state index in [2.05, 4.69) is 180 Å². The molecule has 10 rings (SSSR count). The van der Waals surface area contributed by atoms with Gasteiger partial charge in [0.2, 0.25) is 0 Å². The Balaban J connectivity index is 1.25. The lowest BCUT2D eigenvalue weighted by Gasteiger charge is -2.18. The van der Waals surface area contributed by atoms with Crippen molar-refractivity contribution >= 4 is 54.1 Å². The second-order valence-electron chi connectivity index (χ2n) is 12.5. The van der Waals surface area contributed by atoms with Crippen LogP contribution in [0.2, 0.25) is 0 Å². The molecule has 1 nitrogen and oxygen atoms in total. The van der Waals surface area contributed by atoms with Crippen molar-refractivity contribution in [2.75, 3.05) is 0 Å². The van der Waals surface area contributed by atoms with Crippen molar-refractivity contribution in [3.63, 3.8) is 0 Å². The van der Waals surface area contributed by atoms with E-state index >= 15 is 0 Å². The van der Waals surface area contributed by atoms with Gasteiger partial charge in [-0.25, -0.2) is 0 Å². The second-order valence-corrected chi connectivity index (χ2v) is 12.5. The van der Waals surface area contributed by atoms with Gasteiger partial charge < -0.3 is 4.57 Å². The summed E-state index contributed by atoms with van der Waals surface area (Å²) in [5.74, 6) is 0. The zero-order valence-corrected chi connectivity index (χ0v) is 25.7. The molecule has 0 aliphatic rings. The molecule has 9 aromatic carbocycles. The minimum Gasteiger partial charge on any atom is -0.309 e. The smallest absolute Gasteiger partial charge is 0.0541 e. The lowest BCUT2D eigenvalue weighted by atomic mass is 9.85. The molecule has 0 aliphatic heterocycles. The Kier molecular flexibility index (Phi) is 5.64. The molecule has 1 aromatic heterocycles. The standard InChI is InChI=1S/C46H29N/c1-3-10-30(11-4-1)31-18-20-32(21-19-31)40-29-41(39-26-23-34-13-9-12-33-22-25-38(40)46(39)45(33)34)35-24-27-44-42(28-35)37-16-7-8-17-43(37)47(44)36-14-5-2-6-15-36/h1-29H. The van der Waals surface area contributed by atoms with Crippen molar-refractivity contribution < 1.29 is 0 Å². The van der Waals surface area contributed by atoms with E-state index in [1.165, 1.54) is 93.2 Å². The molecular weight excluding hydrogens is 567 g/mol. The van der Waals surface area contributed by atoms with Crippen molar-refractivity contribution in [1.82, 2.24) is 4.57 Å². The molecule has 10 aromatic rings. The van der Waals surface area contributed by atoms with E-state index in [-0.39, 0.29) is 0 Å². The first kappa shape index (κ1) is 26.1. The summed E-state index contributed by atoms with van der Waals surface area (Å²) >= 11 is 0. The van der Waals surface area contributed by atoms with Gasteiger partial charge in [-0.3, -0.25) is 0 Å². The summed E-state index contributed by atoms with van der Waals surface area (Å²) in [6.45, 7) is 0. The van der Waals surface area contributed by atoms with Crippen LogP contribution in [0.3, 0.4) is 0 Å². The Morgan fingerprint density at radius 3 is 1.62 bits per heavy atom. The third-order valence-corrected chi connectivity index (χ3v) is 9.95. The van der Waals surface area contributed by atoms with Gasteiger partial charge in [0.05, 0.1) is 11.0 Å². The van der Waals surface area contributed by atoms with Crippen LogP contribution in [0.5, 0.6) is 0 Å². The zero-order chi connectivity index (χ0) is 30.9. The van der Waals surface area contributed by atoms with Gasteiger partial charge in [0.1, 0.15) is 0 Å². The van der Waals surface area contributed by atoms with Crippen LogP contribution in [-0.4, -0.2) is 4.57 Å². The average molecular weight is 596 g/mol. The van der Waals surface area contributed by atoms with Crippen molar-refractivity contribution in [2.45, 2.75) is 0 Å². The molecular formula is C46H29N. The molecule has 0 bridgehead atoms. The van der Waals surface area contributed by atoms with Gasteiger partial charge in [0.15, 0.2) is 0 Å². The number of benzene rings is 9. The summed E-state index contributed by atoms with van der Waals surface area (Å²) in [4.78, 5) is 0. The van der Waals surface area contributed by atoms with E-state index in [9.17, 15) is 0 Å². The Labute approximate surface area is 272 Å². The van der Waals surface area contributed by atoms with E-state index in [1.807, 2.05) is 0 Å². The Bertz CT molecular complexity index is 2740. The number of aromatic nitrogens is 1. The van der Waals surface area contributed by atoms with Crippen LogP contribution >= 0.6 is 0 Å². The number of para-hydroxylation sites is 2. The average Bonchev–Trinajstić information content (AvgIpc) is 3.48. The Morgan fingerprint density at radius 2 is 0.872 bits per heavy atom. The highest BCUT2D eigenvalue weighted by molar-refractivity contribution is 6.28. The van der Waals surface area contributed by atoms with Crippen LogP contribution < -0.4 is 0 Å². The van der Waals surface area contributed by atoms with Gasteiger partial charge in [-0.15, -0.1) is 0 Å². The molecule has 47 heavy (non-hydrogen) atoms. The molecule has 218 valence electrons. The molecule has 0 radical (unpaired) electrons. The maximum Gasteiger partial charge on any atom is 0.0541 e. The highest BCUT2D eigenvalue weighted by Crippen LogP contribution is 2.45. The summed E-state index contributed by atoms with van der Waals surface area (Å²) in [6.07, 6.45) is 0. The predicted molar refractivity (Wildman–Crippen MR) is 201 cm³/mol. The van der Waals surface area contributed by atoms with Crippen molar-refractivity contribution in [3.05, 3.63) is 176 Å². The fourth-order valence-corrected chi connectivity index (χ4v) is 7.78. The first-order valence-electron chi connectivity index (χ1n) is 16.3.